The molecule has 0 unspecified atom stereocenters. The summed E-state index contributed by atoms with van der Waals surface area (Å²) in [5.41, 5.74) is 4.53. The molecule has 1 aliphatic rings. The summed E-state index contributed by atoms with van der Waals surface area (Å²) < 4.78 is 5.53. The molecule has 180 valence electrons. The average Bonchev–Trinajstić information content (AvgIpc) is 3.15. The summed E-state index contributed by atoms with van der Waals surface area (Å²) in [7, 11) is 0. The number of nitrogens with zero attached hydrogens (tertiary/aromatic N) is 2. The number of carboxylic acids is 1. The van der Waals surface area contributed by atoms with E-state index in [9.17, 15) is 14.4 Å². The summed E-state index contributed by atoms with van der Waals surface area (Å²) in [5, 5.41) is 11.7. The van der Waals surface area contributed by atoms with Crippen LogP contribution in [0.2, 0.25) is 0 Å². The maximum Gasteiger partial charge on any atom is 0.412 e. The van der Waals surface area contributed by atoms with E-state index in [2.05, 4.69) is 22.4 Å². The van der Waals surface area contributed by atoms with Crippen LogP contribution in [0.3, 0.4) is 0 Å². The zero-order valence-electron chi connectivity index (χ0n) is 19.6. The number of rotatable bonds is 8. The number of carbonyl (C=O) groups excluding carboxylic acids is 2. The lowest BCUT2D eigenvalue weighted by Crippen LogP contribution is -2.38. The maximum absolute atomic E-state index is 12.8. The van der Waals surface area contributed by atoms with Gasteiger partial charge in [0, 0.05) is 12.5 Å². The van der Waals surface area contributed by atoms with Crippen molar-refractivity contribution in [3.05, 3.63) is 83.6 Å². The summed E-state index contributed by atoms with van der Waals surface area (Å²) in [5.74, 6) is -1.47. The first-order valence-electron chi connectivity index (χ1n) is 11.4. The Labute approximate surface area is 203 Å². The van der Waals surface area contributed by atoms with Crippen LogP contribution in [0.1, 0.15) is 41.4 Å². The van der Waals surface area contributed by atoms with E-state index in [4.69, 9.17) is 9.84 Å². The lowest BCUT2D eigenvalue weighted by atomic mass is 9.98. The monoisotopic (exact) mass is 473 g/mol. The number of hydrogen-bond donors (Lipinski definition) is 2. The Morgan fingerprint density at radius 2 is 1.60 bits per heavy atom. The molecule has 1 aromatic heterocycles. The quantitative estimate of drug-likeness (QED) is 0.494. The predicted molar refractivity (Wildman–Crippen MR) is 131 cm³/mol. The summed E-state index contributed by atoms with van der Waals surface area (Å²) >= 11 is 0. The van der Waals surface area contributed by atoms with Crippen LogP contribution < -0.4 is 5.32 Å². The van der Waals surface area contributed by atoms with Gasteiger partial charge < -0.3 is 14.7 Å². The standard InChI is InChI=1S/C27H27N3O5/c1-17(2)14-30(15-25(31)32)26(33)23-12-7-13-24(28-23)29-27(34)35-16-22-20-10-5-3-8-18(20)19-9-4-6-11-21(19)22/h3-13,17,22H,14-16H2,1-2H3,(H,31,32)(H,28,29,34). The van der Waals surface area contributed by atoms with Crippen LogP contribution in [0.4, 0.5) is 10.6 Å². The molecule has 3 aromatic rings. The molecule has 0 saturated carbocycles. The van der Waals surface area contributed by atoms with Crippen molar-refractivity contribution in [2.24, 2.45) is 5.92 Å². The van der Waals surface area contributed by atoms with Gasteiger partial charge in [0.15, 0.2) is 0 Å². The zero-order valence-corrected chi connectivity index (χ0v) is 19.6. The van der Waals surface area contributed by atoms with E-state index in [0.717, 1.165) is 22.3 Å². The number of fused-ring (bicyclic) bond motifs is 3. The SMILES string of the molecule is CC(C)CN(CC(=O)O)C(=O)c1cccc(NC(=O)OCC2c3ccccc3-c3ccccc32)n1. The molecular weight excluding hydrogens is 446 g/mol. The van der Waals surface area contributed by atoms with Gasteiger partial charge in [-0.2, -0.15) is 0 Å². The number of benzene rings is 2. The van der Waals surface area contributed by atoms with Crippen LogP contribution in [0.15, 0.2) is 66.7 Å². The number of pyridine rings is 1. The van der Waals surface area contributed by atoms with Gasteiger partial charge in [-0.15, -0.1) is 0 Å². The molecule has 0 saturated heterocycles. The minimum absolute atomic E-state index is 0.0448. The molecule has 35 heavy (non-hydrogen) atoms. The molecule has 0 atom stereocenters. The fraction of sp³-hybridized carbons (Fsp3) is 0.259. The smallest absolute Gasteiger partial charge is 0.412 e. The molecule has 8 heteroatoms. The van der Waals surface area contributed by atoms with E-state index >= 15 is 0 Å². The fourth-order valence-electron chi connectivity index (χ4n) is 4.35. The van der Waals surface area contributed by atoms with Crippen molar-refractivity contribution < 1.29 is 24.2 Å². The van der Waals surface area contributed by atoms with Crippen molar-refractivity contribution in [3.63, 3.8) is 0 Å². The average molecular weight is 474 g/mol. The van der Waals surface area contributed by atoms with Gasteiger partial charge in [0.25, 0.3) is 5.91 Å². The van der Waals surface area contributed by atoms with Crippen molar-refractivity contribution in [2.75, 3.05) is 25.0 Å². The number of aliphatic carboxylic acids is 1. The van der Waals surface area contributed by atoms with Crippen molar-refractivity contribution in [2.45, 2.75) is 19.8 Å². The Hall–Kier alpha value is -4.20. The highest BCUT2D eigenvalue weighted by atomic mass is 16.5. The second kappa shape index (κ2) is 10.4. The van der Waals surface area contributed by atoms with Gasteiger partial charge in [0.05, 0.1) is 0 Å². The van der Waals surface area contributed by atoms with Crippen LogP contribution in [-0.2, 0) is 9.53 Å². The van der Waals surface area contributed by atoms with E-state index in [0.29, 0.717) is 0 Å². The zero-order chi connectivity index (χ0) is 24.9. The molecule has 0 fully saturated rings. The fourth-order valence-corrected chi connectivity index (χ4v) is 4.35. The van der Waals surface area contributed by atoms with Crippen molar-refractivity contribution in [1.29, 1.82) is 0 Å². The van der Waals surface area contributed by atoms with Crippen LogP contribution >= 0.6 is 0 Å². The number of nitrogens with one attached hydrogen (secondary N) is 1. The molecule has 2 amide bonds. The number of hydrogen-bond acceptors (Lipinski definition) is 5. The molecular formula is C27H27N3O5. The van der Waals surface area contributed by atoms with E-state index < -0.39 is 24.5 Å². The Kier molecular flexibility index (Phi) is 7.10. The largest absolute Gasteiger partial charge is 0.480 e. The molecule has 1 heterocycles. The first kappa shape index (κ1) is 23.9. The van der Waals surface area contributed by atoms with Crippen LogP contribution in [0.5, 0.6) is 0 Å². The van der Waals surface area contributed by atoms with Crippen molar-refractivity contribution in [1.82, 2.24) is 9.88 Å². The summed E-state index contributed by atoms with van der Waals surface area (Å²) in [4.78, 5) is 42.0. The van der Waals surface area contributed by atoms with Gasteiger partial charge in [-0.3, -0.25) is 14.9 Å². The molecule has 1 aliphatic carbocycles. The van der Waals surface area contributed by atoms with Crippen molar-refractivity contribution >= 4 is 23.8 Å². The highest BCUT2D eigenvalue weighted by Crippen LogP contribution is 2.44. The third kappa shape index (κ3) is 5.48. The number of anilines is 1. The Balaban J connectivity index is 1.43. The van der Waals surface area contributed by atoms with Gasteiger partial charge in [-0.1, -0.05) is 68.4 Å². The Bertz CT molecular complexity index is 1210. The highest BCUT2D eigenvalue weighted by molar-refractivity contribution is 5.95. The minimum Gasteiger partial charge on any atom is -0.480 e. The van der Waals surface area contributed by atoms with E-state index in [1.165, 1.54) is 11.0 Å². The van der Waals surface area contributed by atoms with Gasteiger partial charge in [-0.05, 0) is 40.3 Å². The Morgan fingerprint density at radius 3 is 2.20 bits per heavy atom. The molecule has 4 rings (SSSR count). The second-order valence-electron chi connectivity index (χ2n) is 8.83. The lowest BCUT2D eigenvalue weighted by molar-refractivity contribution is -0.137. The van der Waals surface area contributed by atoms with Crippen molar-refractivity contribution in [3.8, 4) is 11.1 Å². The lowest BCUT2D eigenvalue weighted by Gasteiger charge is -2.22. The number of carboxylic acid groups (broad SMARTS) is 1. The number of amides is 2. The molecule has 2 N–H and O–H groups in total. The molecule has 0 bridgehead atoms. The van der Waals surface area contributed by atoms with Gasteiger partial charge in [-0.25, -0.2) is 9.78 Å². The molecule has 0 spiro atoms. The highest BCUT2D eigenvalue weighted by Gasteiger charge is 2.29. The van der Waals surface area contributed by atoms with E-state index in [-0.39, 0.29) is 36.5 Å². The van der Waals surface area contributed by atoms with Gasteiger partial charge >= 0.3 is 12.1 Å². The normalized spacial score (nSPS) is 12.1. The first-order chi connectivity index (χ1) is 16.8. The van der Waals surface area contributed by atoms with Crippen LogP contribution in [0, 0.1) is 5.92 Å². The third-order valence-electron chi connectivity index (χ3n) is 5.74. The first-order valence-corrected chi connectivity index (χ1v) is 11.4. The summed E-state index contributed by atoms with van der Waals surface area (Å²) in [6, 6.07) is 20.7. The number of carbonyl (C=O) groups is 3. The van der Waals surface area contributed by atoms with Crippen LogP contribution in [-0.4, -0.2) is 52.7 Å². The van der Waals surface area contributed by atoms with E-state index in [1.54, 1.807) is 12.1 Å². The number of ether oxygens (including phenoxy) is 1. The summed E-state index contributed by atoms with van der Waals surface area (Å²) in [6.45, 7) is 3.79. The molecule has 0 radical (unpaired) electrons. The maximum atomic E-state index is 12.8. The summed E-state index contributed by atoms with van der Waals surface area (Å²) in [6.07, 6.45) is -0.687. The minimum atomic E-state index is -1.10. The molecule has 0 aliphatic heterocycles. The number of aromatic nitrogens is 1. The van der Waals surface area contributed by atoms with Crippen LogP contribution in [0.25, 0.3) is 11.1 Å². The van der Waals surface area contributed by atoms with E-state index in [1.807, 2.05) is 50.2 Å². The predicted octanol–water partition coefficient (Wildman–Crippen LogP) is 4.63. The van der Waals surface area contributed by atoms with Gasteiger partial charge in [0.1, 0.15) is 24.7 Å². The Morgan fingerprint density at radius 1 is 0.971 bits per heavy atom. The molecule has 8 nitrogen and oxygen atoms in total. The topological polar surface area (TPSA) is 109 Å². The molecule has 2 aromatic carbocycles. The van der Waals surface area contributed by atoms with Gasteiger partial charge in [0.2, 0.25) is 0 Å². The third-order valence-corrected chi connectivity index (χ3v) is 5.74. The second-order valence-corrected chi connectivity index (χ2v) is 8.83.